The molecule has 2 aromatic carbocycles. The smallest absolute Gasteiger partial charge is 0.407 e. The summed E-state index contributed by atoms with van der Waals surface area (Å²) in [7, 11) is 1.54. The third-order valence-corrected chi connectivity index (χ3v) is 5.64. The van der Waals surface area contributed by atoms with Gasteiger partial charge in [-0.1, -0.05) is 41.1 Å². The summed E-state index contributed by atoms with van der Waals surface area (Å²) in [4.78, 5) is 32.8. The van der Waals surface area contributed by atoms with Gasteiger partial charge < -0.3 is 20.1 Å². The Kier molecular flexibility index (Phi) is 9.99. The van der Waals surface area contributed by atoms with Crippen LogP contribution < -0.4 is 20.7 Å². The molecule has 0 unspecified atom stereocenters. The average molecular weight is 558 g/mol. The minimum atomic E-state index is -0.566. The van der Waals surface area contributed by atoms with E-state index >= 15 is 0 Å². The number of hydrogen-bond donors (Lipinski definition) is 3. The number of halogens is 2. The molecule has 0 aliphatic carbocycles. The zero-order chi connectivity index (χ0) is 27.7. The van der Waals surface area contributed by atoms with Gasteiger partial charge in [-0.25, -0.2) is 19.6 Å². The highest BCUT2D eigenvalue weighted by Gasteiger charge is 2.16. The van der Waals surface area contributed by atoms with Crippen LogP contribution in [0.4, 0.5) is 21.1 Å². The fourth-order valence-corrected chi connectivity index (χ4v) is 3.81. The molecule has 0 saturated heterocycles. The van der Waals surface area contributed by atoms with E-state index in [1.807, 2.05) is 20.8 Å². The number of para-hydroxylation sites is 1. The number of carbonyl (C=O) groups is 2. The van der Waals surface area contributed by atoms with Crippen LogP contribution in [-0.4, -0.2) is 41.3 Å². The van der Waals surface area contributed by atoms with Crippen molar-refractivity contribution in [3.8, 4) is 17.6 Å². The Morgan fingerprint density at radius 1 is 1.05 bits per heavy atom. The number of methoxy groups -OCH3 is 1. The lowest BCUT2D eigenvalue weighted by Crippen LogP contribution is -2.32. The average Bonchev–Trinajstić information content (AvgIpc) is 2.84. The topological polar surface area (TPSA) is 114 Å². The molecular formula is C27H29Cl2N5O4. The van der Waals surface area contributed by atoms with E-state index in [0.717, 1.165) is 12.8 Å². The minimum Gasteiger partial charge on any atom is -0.495 e. The molecule has 200 valence electrons. The maximum Gasteiger partial charge on any atom is 0.407 e. The number of anilines is 2. The predicted molar refractivity (Wildman–Crippen MR) is 150 cm³/mol. The van der Waals surface area contributed by atoms with E-state index in [4.69, 9.17) is 32.7 Å². The molecule has 0 spiro atoms. The summed E-state index contributed by atoms with van der Waals surface area (Å²) in [6.45, 7) is 5.98. The van der Waals surface area contributed by atoms with Gasteiger partial charge in [-0.15, -0.1) is 0 Å². The largest absolute Gasteiger partial charge is 0.495 e. The van der Waals surface area contributed by atoms with Crippen LogP contribution in [0.5, 0.6) is 5.75 Å². The van der Waals surface area contributed by atoms with Crippen molar-refractivity contribution in [2.75, 3.05) is 24.3 Å². The highest BCUT2D eigenvalue weighted by Crippen LogP contribution is 2.31. The zero-order valence-electron chi connectivity index (χ0n) is 21.6. The van der Waals surface area contributed by atoms with Crippen molar-refractivity contribution in [3.63, 3.8) is 0 Å². The molecule has 11 heteroatoms. The molecule has 3 aromatic rings. The van der Waals surface area contributed by atoms with E-state index < -0.39 is 17.7 Å². The number of rotatable bonds is 7. The molecule has 0 aliphatic heterocycles. The monoisotopic (exact) mass is 557 g/mol. The van der Waals surface area contributed by atoms with Crippen molar-refractivity contribution in [1.29, 1.82) is 0 Å². The summed E-state index contributed by atoms with van der Waals surface area (Å²) in [5.41, 5.74) is 1.01. The number of ether oxygens (including phenoxy) is 2. The molecule has 0 fully saturated rings. The molecule has 38 heavy (non-hydrogen) atoms. The highest BCUT2D eigenvalue weighted by molar-refractivity contribution is 6.39. The van der Waals surface area contributed by atoms with Gasteiger partial charge in [0.15, 0.2) is 0 Å². The molecule has 0 radical (unpaired) electrons. The van der Waals surface area contributed by atoms with E-state index in [2.05, 4.69) is 37.8 Å². The summed E-state index contributed by atoms with van der Waals surface area (Å²) in [5.74, 6) is 7.05. The number of urea groups is 1. The van der Waals surface area contributed by atoms with E-state index in [0.29, 0.717) is 50.9 Å². The summed E-state index contributed by atoms with van der Waals surface area (Å²) in [6.07, 6.45) is 3.14. The molecule has 3 rings (SSSR count). The summed E-state index contributed by atoms with van der Waals surface area (Å²) >= 11 is 12.3. The number of hydrogen-bond acceptors (Lipinski definition) is 6. The number of fused-ring (bicyclic) bond motifs is 1. The Morgan fingerprint density at radius 2 is 1.79 bits per heavy atom. The molecule has 1 aromatic heterocycles. The number of carbonyl (C=O) groups excluding carboxylic acids is 2. The maximum atomic E-state index is 12.6. The third-order valence-electron chi connectivity index (χ3n) is 5.01. The minimum absolute atomic E-state index is 0.283. The summed E-state index contributed by atoms with van der Waals surface area (Å²) in [6, 6.07) is 7.87. The number of nitrogens with zero attached hydrogens (tertiary/aromatic N) is 2. The Bertz CT molecular complexity index is 1360. The standard InChI is InChI=1S/C27H29Cl2N5O4/c1-27(2,3)38-26(36)30-13-8-6-5-7-10-17-14-21-18(15-22(17)37-4)24(32-16-31-21)34-25(35)33-23-19(28)11-9-12-20(23)29/h9,11-12,14-16H,5-6,8,13H2,1-4H3,(H,30,36)(H2,31,32,33,34,35). The lowest BCUT2D eigenvalue weighted by molar-refractivity contribution is 0.0527. The van der Waals surface area contributed by atoms with E-state index in [1.165, 1.54) is 13.4 Å². The van der Waals surface area contributed by atoms with Gasteiger partial charge in [0.25, 0.3) is 0 Å². The lowest BCUT2D eigenvalue weighted by atomic mass is 10.1. The van der Waals surface area contributed by atoms with E-state index in [-0.39, 0.29) is 5.82 Å². The van der Waals surface area contributed by atoms with Crippen LogP contribution in [-0.2, 0) is 4.74 Å². The SMILES string of the molecule is COc1cc2c(NC(=O)Nc3c(Cl)cccc3Cl)ncnc2cc1C#CCCCCNC(=O)OC(C)(C)C. The quantitative estimate of drug-likeness (QED) is 0.221. The first kappa shape index (κ1) is 28.8. The molecule has 3 N–H and O–H groups in total. The molecule has 1 heterocycles. The number of alkyl carbamates (subject to hydrolysis) is 1. The molecule has 9 nitrogen and oxygen atoms in total. The first-order chi connectivity index (χ1) is 18.1. The van der Waals surface area contributed by atoms with Gasteiger partial charge in [0, 0.05) is 18.4 Å². The Balaban J connectivity index is 1.64. The Labute approximate surface area is 231 Å². The van der Waals surface area contributed by atoms with Crippen LogP contribution in [0.25, 0.3) is 10.9 Å². The zero-order valence-corrected chi connectivity index (χ0v) is 23.1. The van der Waals surface area contributed by atoms with Crippen LogP contribution in [0.3, 0.4) is 0 Å². The van der Waals surface area contributed by atoms with Crippen LogP contribution in [0, 0.1) is 11.8 Å². The molecule has 0 atom stereocenters. The second-order valence-electron chi connectivity index (χ2n) is 9.16. The van der Waals surface area contributed by atoms with Crippen molar-refractivity contribution in [1.82, 2.24) is 15.3 Å². The van der Waals surface area contributed by atoms with E-state index in [9.17, 15) is 9.59 Å². The van der Waals surface area contributed by atoms with Crippen molar-refractivity contribution >= 4 is 57.7 Å². The van der Waals surface area contributed by atoms with Crippen LogP contribution in [0.1, 0.15) is 45.6 Å². The van der Waals surface area contributed by atoms with Crippen LogP contribution >= 0.6 is 23.2 Å². The second-order valence-corrected chi connectivity index (χ2v) is 9.97. The number of aromatic nitrogens is 2. The first-order valence-corrected chi connectivity index (χ1v) is 12.6. The van der Waals surface area contributed by atoms with Gasteiger partial charge in [-0.2, -0.15) is 0 Å². The normalized spacial score (nSPS) is 10.8. The fourth-order valence-electron chi connectivity index (χ4n) is 3.32. The number of unbranched alkanes of at least 4 members (excludes halogenated alkanes) is 2. The van der Waals surface area contributed by atoms with Crippen molar-refractivity contribution < 1.29 is 19.1 Å². The number of nitrogens with one attached hydrogen (secondary N) is 3. The third kappa shape index (κ3) is 8.40. The van der Waals surface area contributed by atoms with Gasteiger partial charge in [-0.3, -0.25) is 5.32 Å². The molecule has 0 aliphatic rings. The van der Waals surface area contributed by atoms with Crippen molar-refractivity contribution in [2.45, 2.75) is 45.6 Å². The Hall–Kier alpha value is -3.74. The highest BCUT2D eigenvalue weighted by atomic mass is 35.5. The van der Waals surface area contributed by atoms with Crippen LogP contribution in [0.15, 0.2) is 36.7 Å². The van der Waals surface area contributed by atoms with Gasteiger partial charge in [0.05, 0.1) is 33.9 Å². The maximum absolute atomic E-state index is 12.6. The molecule has 0 bridgehead atoms. The number of amides is 3. The fraction of sp³-hybridized carbons (Fsp3) is 0.333. The predicted octanol–water partition coefficient (Wildman–Crippen LogP) is 6.64. The van der Waals surface area contributed by atoms with E-state index in [1.54, 1.807) is 30.3 Å². The van der Waals surface area contributed by atoms with Crippen LogP contribution in [0.2, 0.25) is 10.0 Å². The lowest BCUT2D eigenvalue weighted by Gasteiger charge is -2.19. The molecule has 3 amide bonds. The van der Waals surface area contributed by atoms with Gasteiger partial charge >= 0.3 is 12.1 Å². The number of benzene rings is 2. The van der Waals surface area contributed by atoms with Gasteiger partial charge in [-0.05, 0) is 57.9 Å². The van der Waals surface area contributed by atoms with Crippen molar-refractivity contribution in [3.05, 3.63) is 52.3 Å². The summed E-state index contributed by atoms with van der Waals surface area (Å²) in [5, 5.41) is 9.26. The first-order valence-electron chi connectivity index (χ1n) is 11.9. The van der Waals surface area contributed by atoms with Gasteiger partial charge in [0.1, 0.15) is 23.5 Å². The van der Waals surface area contributed by atoms with Gasteiger partial charge in [0.2, 0.25) is 0 Å². The second kappa shape index (κ2) is 13.2. The molecular weight excluding hydrogens is 529 g/mol. The summed E-state index contributed by atoms with van der Waals surface area (Å²) < 4.78 is 10.7. The molecule has 0 saturated carbocycles. The van der Waals surface area contributed by atoms with Crippen molar-refractivity contribution in [2.24, 2.45) is 0 Å². The Morgan fingerprint density at radius 3 is 2.47 bits per heavy atom.